The average molecular weight is 567 g/mol. The van der Waals surface area contributed by atoms with Crippen LogP contribution in [0.15, 0.2) is 36.4 Å². The van der Waals surface area contributed by atoms with Crippen molar-refractivity contribution in [1.82, 2.24) is 19.9 Å². The molecule has 0 bridgehead atoms. The molecule has 3 aliphatic rings. The van der Waals surface area contributed by atoms with E-state index in [4.69, 9.17) is 23.1 Å². The van der Waals surface area contributed by atoms with Gasteiger partial charge in [-0.3, -0.25) is 9.69 Å². The number of hydrogen-bond donors (Lipinski definition) is 5. The Morgan fingerprint density at radius 3 is 2.42 bits per heavy atom. The Morgan fingerprint density at radius 2 is 1.75 bits per heavy atom. The predicted molar refractivity (Wildman–Crippen MR) is 158 cm³/mol. The fraction of sp³-hybridized carbons (Fsp3) is 0.444. The van der Waals surface area contributed by atoms with Gasteiger partial charge in [0.2, 0.25) is 17.8 Å². The number of aromatic nitrogens is 4. The van der Waals surface area contributed by atoms with Crippen molar-refractivity contribution in [3.05, 3.63) is 47.0 Å². The summed E-state index contributed by atoms with van der Waals surface area (Å²) in [6, 6.07) is 12.6. The van der Waals surface area contributed by atoms with Gasteiger partial charge in [-0.25, -0.2) is 0 Å². The van der Waals surface area contributed by atoms with Crippen molar-refractivity contribution < 1.29 is 9.90 Å². The van der Waals surface area contributed by atoms with Gasteiger partial charge in [0.15, 0.2) is 0 Å². The summed E-state index contributed by atoms with van der Waals surface area (Å²) in [7, 11) is 1.83. The third-order valence-electron chi connectivity index (χ3n) is 7.06. The Kier molecular flexibility index (Phi) is 8.36. The average Bonchev–Trinajstić information content (AvgIpc) is 3.48. The molecule has 1 amide bonds. The third kappa shape index (κ3) is 6.99. The Labute approximate surface area is 238 Å². The molecule has 2 aliphatic heterocycles. The highest BCUT2D eigenvalue weighted by Gasteiger charge is 2.31. The quantitative estimate of drug-likeness (QED) is 0.284. The molecule has 212 valence electrons. The number of amides is 1. The summed E-state index contributed by atoms with van der Waals surface area (Å²) < 4.78 is 0. The summed E-state index contributed by atoms with van der Waals surface area (Å²) in [5.74, 6) is 3.01. The molecule has 1 aromatic carbocycles. The van der Waals surface area contributed by atoms with Gasteiger partial charge in [-0.15, -0.1) is 0 Å². The number of aliphatic hydroxyl groups excluding tert-OH is 1. The Hall–Kier alpha value is -3.90. The second-order valence-electron chi connectivity index (χ2n) is 10.3. The number of benzene rings is 1. The van der Waals surface area contributed by atoms with E-state index < -0.39 is 6.10 Å². The Morgan fingerprint density at radius 1 is 1.02 bits per heavy atom. The van der Waals surface area contributed by atoms with Crippen LogP contribution in [0, 0.1) is 0 Å². The van der Waals surface area contributed by atoms with E-state index in [0.29, 0.717) is 29.7 Å². The highest BCUT2D eigenvalue weighted by Crippen LogP contribution is 2.29. The molecule has 40 heavy (non-hydrogen) atoms. The number of anilines is 6. The molecule has 3 fully saturated rings. The first-order chi connectivity index (χ1) is 19.3. The number of β-amino-alcohol motifs (C(OH)–C–C–N with tert-alkyl or cyclic N) is 1. The summed E-state index contributed by atoms with van der Waals surface area (Å²) in [6.45, 7) is 1.25. The predicted octanol–water partition coefficient (Wildman–Crippen LogP) is 2.70. The highest BCUT2D eigenvalue weighted by atomic mass is 35.5. The van der Waals surface area contributed by atoms with Crippen LogP contribution in [0.3, 0.4) is 0 Å². The second kappa shape index (κ2) is 12.1. The van der Waals surface area contributed by atoms with E-state index in [1.807, 2.05) is 31.3 Å². The van der Waals surface area contributed by atoms with Crippen LogP contribution >= 0.6 is 11.6 Å². The number of nitrogens with two attached hydrogens (primary N) is 2. The normalized spacial score (nSPS) is 20.3. The second-order valence-corrected chi connectivity index (χ2v) is 10.7. The molecule has 2 saturated heterocycles. The van der Waals surface area contributed by atoms with Crippen LogP contribution in [-0.2, 0) is 11.2 Å². The van der Waals surface area contributed by atoms with Crippen molar-refractivity contribution in [3.63, 3.8) is 0 Å². The van der Waals surface area contributed by atoms with Crippen molar-refractivity contribution >= 4 is 52.7 Å². The zero-order valence-corrected chi connectivity index (χ0v) is 23.2. The minimum atomic E-state index is -0.631. The molecule has 0 spiro atoms. The van der Waals surface area contributed by atoms with E-state index in [1.54, 1.807) is 6.07 Å². The van der Waals surface area contributed by atoms with E-state index in [-0.39, 0.29) is 24.8 Å². The fourth-order valence-electron chi connectivity index (χ4n) is 5.03. The lowest BCUT2D eigenvalue weighted by atomic mass is 10.0. The molecule has 3 aromatic rings. The summed E-state index contributed by atoms with van der Waals surface area (Å²) in [6.07, 6.45) is 5.01. The Bertz CT molecular complexity index is 1350. The molecule has 6 rings (SSSR count). The number of halogens is 1. The zero-order chi connectivity index (χ0) is 28.2. The molecule has 1 saturated carbocycles. The zero-order valence-electron chi connectivity index (χ0n) is 22.4. The minimum absolute atomic E-state index is 0.129. The maximum atomic E-state index is 11.7. The van der Waals surface area contributed by atoms with Gasteiger partial charge >= 0.3 is 0 Å². The monoisotopic (exact) mass is 566 g/mol. The lowest BCUT2D eigenvalue weighted by molar-refractivity contribution is -0.117. The molecular weight excluding hydrogens is 532 g/mol. The van der Waals surface area contributed by atoms with Gasteiger partial charge in [0.1, 0.15) is 23.3 Å². The van der Waals surface area contributed by atoms with Crippen molar-refractivity contribution in [2.45, 2.75) is 56.7 Å². The molecule has 1 unspecified atom stereocenters. The van der Waals surface area contributed by atoms with E-state index in [2.05, 4.69) is 41.5 Å². The van der Waals surface area contributed by atoms with Crippen LogP contribution in [0.4, 0.5) is 35.2 Å². The SMILES string of the molecule is CNc1cc(N2CCCC2Cc2cccc(Cl)c2)nc(N)n1.Nc1nc(NC2CC2)cc(N2C[C@H](O)CC2=O)n1. The maximum absolute atomic E-state index is 11.7. The lowest BCUT2D eigenvalue weighted by Crippen LogP contribution is -2.32. The summed E-state index contributed by atoms with van der Waals surface area (Å²) in [4.78, 5) is 32.1. The van der Waals surface area contributed by atoms with E-state index in [9.17, 15) is 9.90 Å². The number of nitrogens with zero attached hydrogens (tertiary/aromatic N) is 6. The molecule has 2 aromatic heterocycles. The molecule has 13 heteroatoms. The van der Waals surface area contributed by atoms with Crippen LogP contribution in [0.5, 0.6) is 0 Å². The van der Waals surface area contributed by atoms with E-state index >= 15 is 0 Å². The number of hydrogen-bond acceptors (Lipinski definition) is 11. The molecule has 7 N–H and O–H groups in total. The number of nitrogen functional groups attached to an aromatic ring is 2. The van der Waals surface area contributed by atoms with E-state index in [0.717, 1.165) is 55.3 Å². The topological polar surface area (TPSA) is 171 Å². The molecule has 4 heterocycles. The van der Waals surface area contributed by atoms with Crippen LogP contribution in [0.2, 0.25) is 5.02 Å². The van der Waals surface area contributed by atoms with Crippen molar-refractivity contribution in [1.29, 1.82) is 0 Å². The van der Waals surface area contributed by atoms with Crippen LogP contribution in [-0.4, -0.2) is 69.3 Å². The standard InChI is InChI=1S/C16H20ClN5.C11H15N5O2/c1-19-14-10-15(21-16(18)20-14)22-7-3-6-13(22)9-11-4-2-5-12(17)8-11;12-11-14-8(13-6-1-2-6)4-9(15-11)16-5-7(17)3-10(16)18/h2,4-5,8,10,13H,3,6-7,9H2,1H3,(H3,18,19,20,21);4,6-7,17H,1-3,5H2,(H3,12,13,14,15)/t;7-/m.1/s1. The number of carbonyl (C=O) groups is 1. The molecule has 0 radical (unpaired) electrons. The first-order valence-electron chi connectivity index (χ1n) is 13.5. The molecule has 12 nitrogen and oxygen atoms in total. The van der Waals surface area contributed by atoms with Gasteiger partial charge in [0.25, 0.3) is 0 Å². The van der Waals surface area contributed by atoms with Crippen molar-refractivity contribution in [2.75, 3.05) is 52.0 Å². The lowest BCUT2D eigenvalue weighted by Gasteiger charge is -2.26. The van der Waals surface area contributed by atoms with Crippen molar-refractivity contribution in [2.24, 2.45) is 0 Å². The van der Waals surface area contributed by atoms with Crippen LogP contribution in [0.1, 0.15) is 37.7 Å². The summed E-state index contributed by atoms with van der Waals surface area (Å²) in [5, 5.41) is 16.5. The third-order valence-corrected chi connectivity index (χ3v) is 7.29. The molecule has 2 atom stereocenters. The largest absolute Gasteiger partial charge is 0.391 e. The number of aliphatic hydroxyl groups is 1. The van der Waals surface area contributed by atoms with Gasteiger partial charge in [-0.05, 0) is 49.8 Å². The number of carbonyl (C=O) groups excluding carboxylic acids is 1. The number of nitrogens with one attached hydrogen (secondary N) is 2. The molecule has 1 aliphatic carbocycles. The van der Waals surface area contributed by atoms with Gasteiger partial charge in [0.05, 0.1) is 19.1 Å². The first kappa shape index (κ1) is 27.7. The Balaban J connectivity index is 0.000000164. The fourth-order valence-corrected chi connectivity index (χ4v) is 5.24. The van der Waals surface area contributed by atoms with Gasteiger partial charge in [-0.2, -0.15) is 19.9 Å². The number of rotatable bonds is 7. The van der Waals surface area contributed by atoms with Crippen molar-refractivity contribution in [3.8, 4) is 0 Å². The van der Waals surface area contributed by atoms with E-state index in [1.165, 1.54) is 10.5 Å². The van der Waals surface area contributed by atoms with Gasteiger partial charge in [-0.1, -0.05) is 23.7 Å². The van der Waals surface area contributed by atoms with Crippen LogP contribution < -0.4 is 31.9 Å². The summed E-state index contributed by atoms with van der Waals surface area (Å²) in [5.41, 5.74) is 12.7. The van der Waals surface area contributed by atoms with Gasteiger partial charge < -0.3 is 32.1 Å². The smallest absolute Gasteiger partial charge is 0.230 e. The molecular formula is C27H35ClN10O2. The summed E-state index contributed by atoms with van der Waals surface area (Å²) >= 11 is 6.09. The minimum Gasteiger partial charge on any atom is -0.391 e. The van der Waals surface area contributed by atoms with Crippen LogP contribution in [0.25, 0.3) is 0 Å². The first-order valence-corrected chi connectivity index (χ1v) is 13.9. The maximum Gasteiger partial charge on any atom is 0.230 e. The van der Waals surface area contributed by atoms with Gasteiger partial charge in [0, 0.05) is 42.8 Å². The highest BCUT2D eigenvalue weighted by molar-refractivity contribution is 6.30.